The van der Waals surface area contributed by atoms with E-state index in [1.165, 1.54) is 19.2 Å². The largest absolute Gasteiger partial charge is 0.573 e. The third-order valence-corrected chi connectivity index (χ3v) is 2.74. The summed E-state index contributed by atoms with van der Waals surface area (Å²) < 4.78 is 45.7. The molecule has 5 nitrogen and oxygen atoms in total. The van der Waals surface area contributed by atoms with E-state index >= 15 is 0 Å². The number of fused-ring (bicyclic) bond motifs is 1. The molecule has 0 aliphatic carbocycles. The molecule has 0 saturated heterocycles. The Labute approximate surface area is 117 Å². The SMILES string of the molecule is CNc1c(C(=O)OC)cnc2c(OC(F)(F)F)cccc12. The fourth-order valence-electron chi connectivity index (χ4n) is 1.94. The summed E-state index contributed by atoms with van der Waals surface area (Å²) in [6.45, 7) is 0. The molecule has 1 heterocycles. The van der Waals surface area contributed by atoms with E-state index in [1.54, 1.807) is 7.05 Å². The molecule has 2 aromatic rings. The third kappa shape index (κ3) is 2.99. The second-order valence-corrected chi connectivity index (χ2v) is 3.99. The Morgan fingerprint density at radius 2 is 2.05 bits per heavy atom. The topological polar surface area (TPSA) is 60.5 Å². The molecule has 0 radical (unpaired) electrons. The van der Waals surface area contributed by atoms with Gasteiger partial charge in [-0.3, -0.25) is 4.98 Å². The van der Waals surface area contributed by atoms with Crippen LogP contribution in [0.15, 0.2) is 24.4 Å². The molecule has 0 fully saturated rings. The molecule has 1 aromatic heterocycles. The molecule has 2 rings (SSSR count). The van der Waals surface area contributed by atoms with Gasteiger partial charge in [0.05, 0.1) is 12.8 Å². The minimum Gasteiger partial charge on any atom is -0.465 e. The van der Waals surface area contributed by atoms with Gasteiger partial charge in [-0.25, -0.2) is 4.79 Å². The number of halogens is 3. The van der Waals surface area contributed by atoms with Gasteiger partial charge < -0.3 is 14.8 Å². The van der Waals surface area contributed by atoms with E-state index in [1.807, 2.05) is 0 Å². The van der Waals surface area contributed by atoms with Gasteiger partial charge in [-0.2, -0.15) is 0 Å². The lowest BCUT2D eigenvalue weighted by molar-refractivity contribution is -0.274. The van der Waals surface area contributed by atoms with Crippen LogP contribution in [-0.2, 0) is 4.74 Å². The van der Waals surface area contributed by atoms with Crippen molar-refractivity contribution in [3.63, 3.8) is 0 Å². The predicted octanol–water partition coefficient (Wildman–Crippen LogP) is 2.96. The highest BCUT2D eigenvalue weighted by atomic mass is 19.4. The molecular formula is C13H11F3N2O3. The minimum atomic E-state index is -4.82. The molecule has 0 aliphatic rings. The number of aromatic nitrogens is 1. The second-order valence-electron chi connectivity index (χ2n) is 3.99. The molecule has 1 N–H and O–H groups in total. The molecule has 0 saturated carbocycles. The smallest absolute Gasteiger partial charge is 0.465 e. The van der Waals surface area contributed by atoms with E-state index < -0.39 is 18.1 Å². The Hall–Kier alpha value is -2.51. The first-order chi connectivity index (χ1) is 9.87. The van der Waals surface area contributed by atoms with Crippen LogP contribution in [-0.4, -0.2) is 31.5 Å². The van der Waals surface area contributed by atoms with Crippen molar-refractivity contribution < 1.29 is 27.4 Å². The highest BCUT2D eigenvalue weighted by Crippen LogP contribution is 2.34. The van der Waals surface area contributed by atoms with Gasteiger partial charge in [0.25, 0.3) is 0 Å². The van der Waals surface area contributed by atoms with E-state index in [-0.39, 0.29) is 11.1 Å². The molecular weight excluding hydrogens is 289 g/mol. The van der Waals surface area contributed by atoms with Crippen molar-refractivity contribution >= 4 is 22.6 Å². The first kappa shape index (κ1) is 14.9. The second kappa shape index (κ2) is 5.47. The zero-order valence-corrected chi connectivity index (χ0v) is 11.1. The zero-order chi connectivity index (χ0) is 15.6. The predicted molar refractivity (Wildman–Crippen MR) is 69.3 cm³/mol. The van der Waals surface area contributed by atoms with E-state index in [0.717, 1.165) is 12.3 Å². The first-order valence-corrected chi connectivity index (χ1v) is 5.81. The fraction of sp³-hybridized carbons (Fsp3) is 0.231. The lowest BCUT2D eigenvalue weighted by atomic mass is 10.1. The normalized spacial score (nSPS) is 11.3. The molecule has 0 aliphatic heterocycles. The molecule has 0 bridgehead atoms. The fourth-order valence-corrected chi connectivity index (χ4v) is 1.94. The monoisotopic (exact) mass is 300 g/mol. The molecule has 8 heteroatoms. The van der Waals surface area contributed by atoms with Crippen molar-refractivity contribution in [1.82, 2.24) is 4.98 Å². The number of hydrogen-bond acceptors (Lipinski definition) is 5. The summed E-state index contributed by atoms with van der Waals surface area (Å²) in [5.74, 6) is -1.08. The Bertz CT molecular complexity index is 686. The maximum atomic E-state index is 12.4. The quantitative estimate of drug-likeness (QED) is 0.883. The number of anilines is 1. The number of carbonyl (C=O) groups excluding carboxylic acids is 1. The molecule has 0 amide bonds. The molecule has 1 aromatic carbocycles. The number of alkyl halides is 3. The summed E-state index contributed by atoms with van der Waals surface area (Å²) in [5.41, 5.74) is 0.433. The van der Waals surface area contributed by atoms with Gasteiger partial charge in [0.1, 0.15) is 11.1 Å². The van der Waals surface area contributed by atoms with Gasteiger partial charge in [0, 0.05) is 18.6 Å². The molecule has 21 heavy (non-hydrogen) atoms. The van der Waals surface area contributed by atoms with Crippen LogP contribution in [0, 0.1) is 0 Å². The summed E-state index contributed by atoms with van der Waals surface area (Å²) >= 11 is 0. The van der Waals surface area contributed by atoms with Crippen LogP contribution in [0.1, 0.15) is 10.4 Å². The maximum Gasteiger partial charge on any atom is 0.573 e. The average Bonchev–Trinajstić information content (AvgIpc) is 2.43. The van der Waals surface area contributed by atoms with Gasteiger partial charge in [-0.05, 0) is 6.07 Å². The summed E-state index contributed by atoms with van der Waals surface area (Å²) in [7, 11) is 2.74. The standard InChI is InChI=1S/C13H11F3N2O3/c1-17-10-7-4-3-5-9(21-13(14,15)16)11(7)18-6-8(10)12(19)20-2/h3-6H,1-2H3,(H,17,18). The molecule has 0 atom stereocenters. The number of benzene rings is 1. The van der Waals surface area contributed by atoms with Crippen LogP contribution in [0.3, 0.4) is 0 Å². The van der Waals surface area contributed by atoms with Crippen molar-refractivity contribution in [3.05, 3.63) is 30.0 Å². The number of ether oxygens (including phenoxy) is 2. The number of rotatable bonds is 3. The number of hydrogen-bond donors (Lipinski definition) is 1. The van der Waals surface area contributed by atoms with E-state index in [4.69, 9.17) is 0 Å². The first-order valence-electron chi connectivity index (χ1n) is 5.81. The van der Waals surface area contributed by atoms with E-state index in [0.29, 0.717) is 11.1 Å². The third-order valence-electron chi connectivity index (χ3n) is 2.74. The summed E-state index contributed by atoms with van der Waals surface area (Å²) in [5, 5.41) is 3.09. The van der Waals surface area contributed by atoms with Gasteiger partial charge in [-0.1, -0.05) is 12.1 Å². The van der Waals surface area contributed by atoms with Crippen molar-refractivity contribution in [2.24, 2.45) is 0 Å². The van der Waals surface area contributed by atoms with Crippen molar-refractivity contribution in [1.29, 1.82) is 0 Å². The van der Waals surface area contributed by atoms with Gasteiger partial charge in [0.2, 0.25) is 0 Å². The highest BCUT2D eigenvalue weighted by Gasteiger charge is 2.32. The summed E-state index contributed by atoms with van der Waals surface area (Å²) in [6, 6.07) is 4.07. The van der Waals surface area contributed by atoms with Crippen LogP contribution < -0.4 is 10.1 Å². The van der Waals surface area contributed by atoms with Gasteiger partial charge >= 0.3 is 12.3 Å². The van der Waals surface area contributed by atoms with Gasteiger partial charge in [-0.15, -0.1) is 13.2 Å². The van der Waals surface area contributed by atoms with E-state index in [2.05, 4.69) is 19.8 Å². The molecule has 0 unspecified atom stereocenters. The molecule has 112 valence electrons. The summed E-state index contributed by atoms with van der Waals surface area (Å²) in [4.78, 5) is 15.5. The maximum absolute atomic E-state index is 12.4. The summed E-state index contributed by atoms with van der Waals surface area (Å²) in [6.07, 6.45) is -3.68. The van der Waals surface area contributed by atoms with Gasteiger partial charge in [0.15, 0.2) is 5.75 Å². The Morgan fingerprint density at radius 3 is 2.62 bits per heavy atom. The van der Waals surface area contributed by atoms with E-state index in [9.17, 15) is 18.0 Å². The lowest BCUT2D eigenvalue weighted by Crippen LogP contribution is -2.17. The number of methoxy groups -OCH3 is 1. The lowest BCUT2D eigenvalue weighted by Gasteiger charge is -2.14. The number of nitrogens with zero attached hydrogens (tertiary/aromatic N) is 1. The highest BCUT2D eigenvalue weighted by molar-refractivity contribution is 6.06. The number of carbonyl (C=O) groups is 1. The zero-order valence-electron chi connectivity index (χ0n) is 11.1. The Balaban J connectivity index is 2.66. The number of esters is 1. The molecule has 0 spiro atoms. The van der Waals surface area contributed by atoms with Crippen molar-refractivity contribution in [2.45, 2.75) is 6.36 Å². The van der Waals surface area contributed by atoms with Crippen LogP contribution in [0.2, 0.25) is 0 Å². The Morgan fingerprint density at radius 1 is 1.33 bits per heavy atom. The number of para-hydroxylation sites is 1. The van der Waals surface area contributed by atoms with Crippen LogP contribution >= 0.6 is 0 Å². The number of nitrogens with one attached hydrogen (secondary N) is 1. The van der Waals surface area contributed by atoms with Crippen molar-refractivity contribution in [2.75, 3.05) is 19.5 Å². The number of pyridine rings is 1. The van der Waals surface area contributed by atoms with Crippen molar-refractivity contribution in [3.8, 4) is 5.75 Å². The average molecular weight is 300 g/mol. The Kier molecular flexibility index (Phi) is 3.88. The van der Waals surface area contributed by atoms with Crippen LogP contribution in [0.25, 0.3) is 10.9 Å². The minimum absolute atomic E-state index is 0.00757. The van der Waals surface area contributed by atoms with Crippen LogP contribution in [0.4, 0.5) is 18.9 Å². The van der Waals surface area contributed by atoms with Crippen LogP contribution in [0.5, 0.6) is 5.75 Å².